The molecule has 104 valence electrons. The van der Waals surface area contributed by atoms with Gasteiger partial charge >= 0.3 is 0 Å². The van der Waals surface area contributed by atoms with Gasteiger partial charge in [-0.3, -0.25) is 0 Å². The first-order valence-electron chi connectivity index (χ1n) is 5.91. The van der Waals surface area contributed by atoms with E-state index in [0.29, 0.717) is 12.2 Å². The molecule has 1 atom stereocenters. The molecule has 0 saturated carbocycles. The van der Waals surface area contributed by atoms with Crippen LogP contribution in [0.5, 0.6) is 0 Å². The molecule has 2 heterocycles. The van der Waals surface area contributed by atoms with Gasteiger partial charge in [-0.25, -0.2) is 13.1 Å². The van der Waals surface area contributed by atoms with E-state index >= 15 is 0 Å². The highest BCUT2D eigenvalue weighted by Gasteiger charge is 2.23. The first-order chi connectivity index (χ1) is 9.06. The Hall–Kier alpha value is -1.15. The molecule has 5 nitrogen and oxygen atoms in total. The standard InChI is InChI=1S/C12H16N2O3S2/c1-2-10(11-4-3-7-18-11)14-19(15,16)12-6-5-9(8-13)17-12/h3-7,10,14H,2,8,13H2,1H3. The molecule has 3 N–H and O–H groups in total. The Morgan fingerprint density at radius 3 is 2.74 bits per heavy atom. The monoisotopic (exact) mass is 300 g/mol. The molecule has 0 fully saturated rings. The summed E-state index contributed by atoms with van der Waals surface area (Å²) in [6.45, 7) is 2.11. The van der Waals surface area contributed by atoms with Gasteiger partial charge in [-0.05, 0) is 30.0 Å². The quantitative estimate of drug-likeness (QED) is 0.856. The smallest absolute Gasteiger partial charge is 0.274 e. The molecule has 0 spiro atoms. The van der Waals surface area contributed by atoms with E-state index < -0.39 is 10.0 Å². The summed E-state index contributed by atoms with van der Waals surface area (Å²) in [5.41, 5.74) is 5.40. The minimum Gasteiger partial charge on any atom is -0.447 e. The Morgan fingerprint density at radius 1 is 1.42 bits per heavy atom. The van der Waals surface area contributed by atoms with E-state index in [1.54, 1.807) is 6.07 Å². The third kappa shape index (κ3) is 3.24. The lowest BCUT2D eigenvalue weighted by atomic mass is 10.2. The van der Waals surface area contributed by atoms with Gasteiger partial charge in [-0.2, -0.15) is 0 Å². The molecule has 7 heteroatoms. The zero-order chi connectivity index (χ0) is 13.9. The van der Waals surface area contributed by atoms with E-state index in [-0.39, 0.29) is 17.7 Å². The Labute approximate surface area is 116 Å². The lowest BCUT2D eigenvalue weighted by molar-refractivity contribution is 0.410. The average molecular weight is 300 g/mol. The van der Waals surface area contributed by atoms with Crippen LogP contribution in [0.4, 0.5) is 0 Å². The van der Waals surface area contributed by atoms with Crippen LogP contribution in [0.15, 0.2) is 39.2 Å². The van der Waals surface area contributed by atoms with E-state index in [1.807, 2.05) is 24.4 Å². The average Bonchev–Trinajstić information content (AvgIpc) is 3.06. The number of hydrogen-bond donors (Lipinski definition) is 2. The Balaban J connectivity index is 2.20. The lowest BCUT2D eigenvalue weighted by Gasteiger charge is -2.14. The van der Waals surface area contributed by atoms with E-state index in [2.05, 4.69) is 4.72 Å². The van der Waals surface area contributed by atoms with Crippen molar-refractivity contribution in [2.45, 2.75) is 31.0 Å². The van der Waals surface area contributed by atoms with Crippen LogP contribution in [0, 0.1) is 0 Å². The van der Waals surface area contributed by atoms with Crippen LogP contribution in [-0.2, 0) is 16.6 Å². The summed E-state index contributed by atoms with van der Waals surface area (Å²) in [7, 11) is -3.65. The highest BCUT2D eigenvalue weighted by atomic mass is 32.2. The van der Waals surface area contributed by atoms with Crippen LogP contribution < -0.4 is 10.5 Å². The summed E-state index contributed by atoms with van der Waals surface area (Å²) >= 11 is 1.52. The maximum Gasteiger partial charge on any atom is 0.274 e. The van der Waals surface area contributed by atoms with E-state index in [1.165, 1.54) is 17.4 Å². The van der Waals surface area contributed by atoms with Crippen molar-refractivity contribution in [3.8, 4) is 0 Å². The van der Waals surface area contributed by atoms with Gasteiger partial charge in [0.05, 0.1) is 12.6 Å². The highest BCUT2D eigenvalue weighted by molar-refractivity contribution is 7.89. The van der Waals surface area contributed by atoms with Gasteiger partial charge < -0.3 is 10.2 Å². The van der Waals surface area contributed by atoms with E-state index in [0.717, 1.165) is 4.88 Å². The van der Waals surface area contributed by atoms with Gasteiger partial charge in [0.1, 0.15) is 5.76 Å². The molecule has 0 amide bonds. The van der Waals surface area contributed by atoms with Crippen LogP contribution in [0.25, 0.3) is 0 Å². The number of nitrogens with two attached hydrogens (primary N) is 1. The summed E-state index contributed by atoms with van der Waals surface area (Å²) in [5.74, 6) is 0.449. The fraction of sp³-hybridized carbons (Fsp3) is 0.333. The zero-order valence-corrected chi connectivity index (χ0v) is 12.1. The van der Waals surface area contributed by atoms with E-state index in [4.69, 9.17) is 10.2 Å². The molecule has 19 heavy (non-hydrogen) atoms. The molecule has 0 radical (unpaired) electrons. The molecule has 0 aliphatic heterocycles. The zero-order valence-electron chi connectivity index (χ0n) is 10.5. The van der Waals surface area contributed by atoms with Gasteiger partial charge in [0.15, 0.2) is 0 Å². The third-order valence-corrected chi connectivity index (χ3v) is 5.03. The van der Waals surface area contributed by atoms with Gasteiger partial charge in [0.25, 0.3) is 10.0 Å². The van der Waals surface area contributed by atoms with E-state index in [9.17, 15) is 8.42 Å². The predicted molar refractivity (Wildman–Crippen MR) is 74.3 cm³/mol. The Morgan fingerprint density at radius 2 is 2.21 bits per heavy atom. The number of rotatable bonds is 6. The predicted octanol–water partition coefficient (Wildman–Crippen LogP) is 2.23. The SMILES string of the molecule is CCC(NS(=O)(=O)c1ccc(CN)o1)c1cccs1. The number of sulfonamides is 1. The van der Waals surface area contributed by atoms with Crippen LogP contribution in [-0.4, -0.2) is 8.42 Å². The molecule has 2 aromatic heterocycles. The summed E-state index contributed by atoms with van der Waals surface area (Å²) in [6, 6.07) is 6.56. The van der Waals surface area contributed by atoms with Crippen molar-refractivity contribution < 1.29 is 12.8 Å². The first kappa shape index (κ1) is 14.3. The third-order valence-electron chi connectivity index (χ3n) is 2.70. The number of furan rings is 1. The van der Waals surface area contributed by atoms with Gasteiger partial charge in [0, 0.05) is 4.88 Å². The first-order valence-corrected chi connectivity index (χ1v) is 8.27. The largest absolute Gasteiger partial charge is 0.447 e. The van der Waals surface area contributed by atoms with Crippen molar-refractivity contribution in [3.05, 3.63) is 40.3 Å². The normalized spacial score (nSPS) is 13.6. The molecule has 0 aromatic carbocycles. The molecule has 0 aliphatic rings. The highest BCUT2D eigenvalue weighted by Crippen LogP contribution is 2.24. The minimum atomic E-state index is -3.65. The fourth-order valence-electron chi connectivity index (χ4n) is 1.69. The lowest BCUT2D eigenvalue weighted by Crippen LogP contribution is -2.27. The van der Waals surface area contributed by atoms with Crippen molar-refractivity contribution in [2.75, 3.05) is 0 Å². The van der Waals surface area contributed by atoms with Crippen molar-refractivity contribution in [1.82, 2.24) is 4.72 Å². The van der Waals surface area contributed by atoms with Crippen LogP contribution >= 0.6 is 11.3 Å². The maximum atomic E-state index is 12.2. The summed E-state index contributed by atoms with van der Waals surface area (Å²) in [6.07, 6.45) is 0.671. The number of nitrogens with one attached hydrogen (secondary N) is 1. The summed E-state index contributed by atoms with van der Waals surface area (Å²) in [4.78, 5) is 0.983. The van der Waals surface area contributed by atoms with Crippen LogP contribution in [0.2, 0.25) is 0 Å². The second-order valence-corrected chi connectivity index (χ2v) is 6.65. The van der Waals surface area contributed by atoms with Crippen LogP contribution in [0.1, 0.15) is 30.0 Å². The number of hydrogen-bond acceptors (Lipinski definition) is 5. The van der Waals surface area contributed by atoms with Gasteiger partial charge in [-0.1, -0.05) is 13.0 Å². The summed E-state index contributed by atoms with van der Waals surface area (Å²) in [5, 5.41) is 1.83. The topological polar surface area (TPSA) is 85.3 Å². The second-order valence-electron chi connectivity index (χ2n) is 4.02. The van der Waals surface area contributed by atoms with Gasteiger partial charge in [0.2, 0.25) is 5.09 Å². The number of thiophene rings is 1. The molecule has 2 rings (SSSR count). The second kappa shape index (κ2) is 5.87. The molecular formula is C12H16N2O3S2. The van der Waals surface area contributed by atoms with Gasteiger partial charge in [-0.15, -0.1) is 11.3 Å². The maximum absolute atomic E-state index is 12.2. The van der Waals surface area contributed by atoms with Crippen molar-refractivity contribution >= 4 is 21.4 Å². The van der Waals surface area contributed by atoms with Crippen molar-refractivity contribution in [3.63, 3.8) is 0 Å². The molecule has 0 aliphatic carbocycles. The molecule has 2 aromatic rings. The molecular weight excluding hydrogens is 284 g/mol. The van der Waals surface area contributed by atoms with Crippen molar-refractivity contribution in [2.24, 2.45) is 5.73 Å². The summed E-state index contributed by atoms with van der Waals surface area (Å²) < 4.78 is 32.2. The molecule has 0 saturated heterocycles. The molecule has 1 unspecified atom stereocenters. The Kier molecular flexibility index (Phi) is 4.41. The van der Waals surface area contributed by atoms with Crippen LogP contribution in [0.3, 0.4) is 0 Å². The molecule has 0 bridgehead atoms. The minimum absolute atomic E-state index is 0.0945. The van der Waals surface area contributed by atoms with Crippen molar-refractivity contribution in [1.29, 1.82) is 0 Å². The fourth-order valence-corrected chi connectivity index (χ4v) is 3.87. The Bertz CT molecular complexity index is 617.